The molecule has 2 aromatic carbocycles. The van der Waals surface area contributed by atoms with Crippen LogP contribution in [0.15, 0.2) is 41.3 Å². The molecule has 0 aliphatic rings. The Bertz CT molecular complexity index is 974. The van der Waals surface area contributed by atoms with E-state index in [0.717, 1.165) is 5.56 Å². The van der Waals surface area contributed by atoms with Gasteiger partial charge in [0, 0.05) is 18.9 Å². The van der Waals surface area contributed by atoms with Gasteiger partial charge >= 0.3 is 0 Å². The minimum absolute atomic E-state index is 0.218. The zero-order valence-corrected chi connectivity index (χ0v) is 19.8. The molecule has 0 heterocycles. The van der Waals surface area contributed by atoms with Gasteiger partial charge < -0.3 is 19.1 Å². The summed E-state index contributed by atoms with van der Waals surface area (Å²) in [4.78, 5) is 15.1. The number of rotatable bonds is 10. The van der Waals surface area contributed by atoms with Gasteiger partial charge in [0.05, 0.1) is 30.8 Å². The second-order valence-corrected chi connectivity index (χ2v) is 9.05. The minimum Gasteiger partial charge on any atom is -0.490 e. The molecule has 7 nitrogen and oxygen atoms in total. The Kier molecular flexibility index (Phi) is 8.33. The van der Waals surface area contributed by atoms with Crippen molar-refractivity contribution in [1.82, 2.24) is 4.90 Å². The van der Waals surface area contributed by atoms with Gasteiger partial charge in [-0.05, 0) is 57.5 Å². The van der Waals surface area contributed by atoms with Gasteiger partial charge in [-0.2, -0.15) is 0 Å². The summed E-state index contributed by atoms with van der Waals surface area (Å²) in [6.07, 6.45) is 1.17. The molecule has 0 aliphatic heterocycles. The highest BCUT2D eigenvalue weighted by molar-refractivity contribution is 7.90. The zero-order chi connectivity index (χ0) is 23.2. The minimum atomic E-state index is -3.27. The lowest BCUT2D eigenvalue weighted by atomic mass is 10.1. The molecule has 0 N–H and O–H groups in total. The van der Waals surface area contributed by atoms with Gasteiger partial charge in [-0.3, -0.25) is 4.79 Å². The number of sulfone groups is 1. The molecule has 0 saturated carbocycles. The van der Waals surface area contributed by atoms with Gasteiger partial charge in [0.2, 0.25) is 5.75 Å². The van der Waals surface area contributed by atoms with Crippen molar-refractivity contribution >= 4 is 15.7 Å². The maximum Gasteiger partial charge on any atom is 0.254 e. The van der Waals surface area contributed by atoms with Gasteiger partial charge in [-0.1, -0.05) is 12.1 Å². The molecule has 0 aromatic heterocycles. The molecule has 170 valence electrons. The third-order valence-corrected chi connectivity index (χ3v) is 5.98. The van der Waals surface area contributed by atoms with Gasteiger partial charge in [0.15, 0.2) is 21.3 Å². The van der Waals surface area contributed by atoms with Crippen molar-refractivity contribution in [2.45, 2.75) is 38.6 Å². The zero-order valence-electron chi connectivity index (χ0n) is 19.0. The van der Waals surface area contributed by atoms with E-state index >= 15 is 0 Å². The highest BCUT2D eigenvalue weighted by Gasteiger charge is 2.23. The summed E-state index contributed by atoms with van der Waals surface area (Å²) < 4.78 is 40.5. The predicted octanol–water partition coefficient (Wildman–Crippen LogP) is 4.12. The summed E-state index contributed by atoms with van der Waals surface area (Å²) in [7, 11) is -1.57. The largest absolute Gasteiger partial charge is 0.490 e. The second kappa shape index (κ2) is 10.5. The molecule has 0 radical (unpaired) electrons. The average molecular weight is 450 g/mol. The monoisotopic (exact) mass is 449 g/mol. The van der Waals surface area contributed by atoms with Gasteiger partial charge in [0.25, 0.3) is 5.91 Å². The fraction of sp³-hybridized carbons (Fsp3) is 0.435. The van der Waals surface area contributed by atoms with Crippen LogP contribution in [-0.4, -0.2) is 52.3 Å². The lowest BCUT2D eigenvalue weighted by Gasteiger charge is -2.26. The van der Waals surface area contributed by atoms with E-state index in [1.807, 2.05) is 27.7 Å². The van der Waals surface area contributed by atoms with Gasteiger partial charge in [-0.25, -0.2) is 8.42 Å². The Balaban J connectivity index is 2.37. The van der Waals surface area contributed by atoms with Crippen molar-refractivity contribution in [2.75, 3.05) is 33.1 Å². The first-order valence-electron chi connectivity index (χ1n) is 10.3. The molecular formula is C23H31NO6S. The summed E-state index contributed by atoms with van der Waals surface area (Å²) >= 11 is 0. The van der Waals surface area contributed by atoms with E-state index in [9.17, 15) is 13.2 Å². The van der Waals surface area contributed by atoms with Crippen LogP contribution in [0.4, 0.5) is 0 Å². The smallest absolute Gasteiger partial charge is 0.254 e. The van der Waals surface area contributed by atoms with E-state index in [-0.39, 0.29) is 16.8 Å². The van der Waals surface area contributed by atoms with Crippen molar-refractivity contribution in [3.63, 3.8) is 0 Å². The van der Waals surface area contributed by atoms with E-state index in [1.165, 1.54) is 6.26 Å². The number of hydrogen-bond acceptors (Lipinski definition) is 6. The maximum absolute atomic E-state index is 13.2. The fourth-order valence-electron chi connectivity index (χ4n) is 3.11. The van der Waals surface area contributed by atoms with Crippen LogP contribution in [-0.2, 0) is 9.84 Å². The number of carbonyl (C=O) groups is 1. The van der Waals surface area contributed by atoms with E-state index in [0.29, 0.717) is 42.6 Å². The first kappa shape index (κ1) is 24.5. The standard InChI is InChI=1S/C23H31NO6S/c1-7-28-20-14-18(15-21(29-8-2)22(20)30-9-3)23(25)24(5)16(4)17-10-12-19(13-11-17)31(6,26)27/h10-16H,7-9H2,1-6H3. The Morgan fingerprint density at radius 1 is 0.935 bits per heavy atom. The van der Waals surface area contributed by atoms with E-state index in [1.54, 1.807) is 48.3 Å². The quantitative estimate of drug-likeness (QED) is 0.543. The lowest BCUT2D eigenvalue weighted by Crippen LogP contribution is -2.29. The normalized spacial score (nSPS) is 12.2. The first-order valence-corrected chi connectivity index (χ1v) is 12.2. The van der Waals surface area contributed by atoms with Crippen molar-refractivity contribution in [3.05, 3.63) is 47.5 Å². The van der Waals surface area contributed by atoms with Crippen LogP contribution in [0.3, 0.4) is 0 Å². The van der Waals surface area contributed by atoms with E-state index in [4.69, 9.17) is 14.2 Å². The Morgan fingerprint density at radius 2 is 1.42 bits per heavy atom. The molecule has 0 bridgehead atoms. The Labute approximate surface area is 184 Å². The van der Waals surface area contributed by atoms with Crippen molar-refractivity contribution < 1.29 is 27.4 Å². The molecule has 2 rings (SSSR count). The molecule has 0 aliphatic carbocycles. The van der Waals surface area contributed by atoms with Crippen LogP contribution in [0.2, 0.25) is 0 Å². The van der Waals surface area contributed by atoms with Crippen LogP contribution in [0.25, 0.3) is 0 Å². The molecule has 2 aromatic rings. The molecule has 0 spiro atoms. The highest BCUT2D eigenvalue weighted by Crippen LogP contribution is 2.39. The fourth-order valence-corrected chi connectivity index (χ4v) is 3.74. The number of ether oxygens (including phenoxy) is 3. The summed E-state index contributed by atoms with van der Waals surface area (Å²) in [5.74, 6) is 1.17. The van der Waals surface area contributed by atoms with Crippen molar-refractivity contribution in [2.24, 2.45) is 0 Å². The van der Waals surface area contributed by atoms with Gasteiger partial charge in [0.1, 0.15) is 0 Å². The van der Waals surface area contributed by atoms with Crippen LogP contribution >= 0.6 is 0 Å². The number of hydrogen-bond donors (Lipinski definition) is 0. The second-order valence-electron chi connectivity index (χ2n) is 7.03. The molecule has 8 heteroatoms. The number of benzene rings is 2. The number of amides is 1. The van der Waals surface area contributed by atoms with Crippen LogP contribution in [0.1, 0.15) is 49.7 Å². The summed E-state index contributed by atoms with van der Waals surface area (Å²) in [6.45, 7) is 8.75. The summed E-state index contributed by atoms with van der Waals surface area (Å²) in [5, 5.41) is 0. The first-order chi connectivity index (χ1) is 14.6. The molecule has 1 atom stereocenters. The lowest BCUT2D eigenvalue weighted by molar-refractivity contribution is 0.0741. The number of nitrogens with zero attached hydrogens (tertiary/aromatic N) is 1. The molecule has 31 heavy (non-hydrogen) atoms. The third-order valence-electron chi connectivity index (χ3n) is 4.85. The van der Waals surface area contributed by atoms with Crippen LogP contribution in [0.5, 0.6) is 17.2 Å². The van der Waals surface area contributed by atoms with Crippen LogP contribution < -0.4 is 14.2 Å². The average Bonchev–Trinajstić information content (AvgIpc) is 2.74. The molecule has 1 unspecified atom stereocenters. The maximum atomic E-state index is 13.2. The molecule has 0 saturated heterocycles. The Morgan fingerprint density at radius 3 is 1.84 bits per heavy atom. The van der Waals surface area contributed by atoms with E-state index in [2.05, 4.69) is 0 Å². The Hall–Kier alpha value is -2.74. The number of carbonyl (C=O) groups excluding carboxylic acids is 1. The molecule has 1 amide bonds. The topological polar surface area (TPSA) is 82.1 Å². The third kappa shape index (κ3) is 5.91. The summed E-state index contributed by atoms with van der Waals surface area (Å²) in [5.41, 5.74) is 1.24. The van der Waals surface area contributed by atoms with Crippen LogP contribution in [0, 0.1) is 0 Å². The summed E-state index contributed by atoms with van der Waals surface area (Å²) in [6, 6.07) is 9.59. The molecular weight excluding hydrogens is 418 g/mol. The SMILES string of the molecule is CCOc1cc(C(=O)N(C)C(C)c2ccc(S(C)(=O)=O)cc2)cc(OCC)c1OCC. The van der Waals surface area contributed by atoms with Crippen molar-refractivity contribution in [1.29, 1.82) is 0 Å². The predicted molar refractivity (Wildman–Crippen MR) is 120 cm³/mol. The molecule has 0 fully saturated rings. The van der Waals surface area contributed by atoms with Crippen molar-refractivity contribution in [3.8, 4) is 17.2 Å². The highest BCUT2D eigenvalue weighted by atomic mass is 32.2. The van der Waals surface area contributed by atoms with Gasteiger partial charge in [-0.15, -0.1) is 0 Å². The van der Waals surface area contributed by atoms with E-state index < -0.39 is 9.84 Å².